The summed E-state index contributed by atoms with van der Waals surface area (Å²) in [6.07, 6.45) is -0.829. The number of benzene rings is 2. The zero-order valence-corrected chi connectivity index (χ0v) is 15.0. The Morgan fingerprint density at radius 1 is 1.25 bits per heavy atom. The maximum atomic E-state index is 12.4. The topological polar surface area (TPSA) is 67.6 Å². The number of hydrogen-bond acceptors (Lipinski definition) is 3. The number of nitrogens with one attached hydrogen (secondary N) is 1. The van der Waals surface area contributed by atoms with Gasteiger partial charge in [-0.25, -0.2) is 5.01 Å². The van der Waals surface area contributed by atoms with Crippen molar-refractivity contribution in [1.29, 1.82) is 0 Å². The van der Waals surface area contributed by atoms with E-state index in [1.165, 1.54) is 11.1 Å². The van der Waals surface area contributed by atoms with Crippen molar-refractivity contribution < 1.29 is 9.53 Å². The van der Waals surface area contributed by atoms with E-state index in [1.807, 2.05) is 6.07 Å². The molecule has 0 aliphatic heterocycles. The molecule has 0 aliphatic carbocycles. The molecule has 8 heteroatoms. The molecule has 0 heterocycles. The van der Waals surface area contributed by atoms with Crippen LogP contribution in [0.1, 0.15) is 6.92 Å². The fourth-order valence-electron chi connectivity index (χ4n) is 1.84. The highest BCUT2D eigenvalue weighted by molar-refractivity contribution is 7.80. The molecule has 24 heavy (non-hydrogen) atoms. The van der Waals surface area contributed by atoms with Gasteiger partial charge < -0.3 is 10.5 Å². The summed E-state index contributed by atoms with van der Waals surface area (Å²) in [6.45, 7) is 1.59. The Labute approximate surface area is 155 Å². The van der Waals surface area contributed by atoms with Crippen LogP contribution in [0, 0.1) is 0 Å². The fourth-order valence-corrected chi connectivity index (χ4v) is 2.44. The monoisotopic (exact) mass is 383 g/mol. The van der Waals surface area contributed by atoms with Crippen molar-refractivity contribution in [3.05, 3.63) is 58.6 Å². The lowest BCUT2D eigenvalue weighted by molar-refractivity contribution is -0.127. The van der Waals surface area contributed by atoms with Crippen LogP contribution in [0.2, 0.25) is 10.0 Å². The number of thiocarbonyl (C=S) groups is 1. The number of anilines is 1. The summed E-state index contributed by atoms with van der Waals surface area (Å²) in [7, 11) is 0. The molecule has 5 nitrogen and oxygen atoms in total. The Morgan fingerprint density at radius 3 is 2.50 bits per heavy atom. The van der Waals surface area contributed by atoms with E-state index in [4.69, 9.17) is 45.9 Å². The molecule has 0 bridgehead atoms. The van der Waals surface area contributed by atoms with E-state index < -0.39 is 12.0 Å². The fraction of sp³-hybridized carbons (Fsp3) is 0.125. The van der Waals surface area contributed by atoms with E-state index in [0.29, 0.717) is 21.5 Å². The first kappa shape index (κ1) is 18.3. The lowest BCUT2D eigenvalue weighted by Crippen LogP contribution is -2.52. The maximum Gasteiger partial charge on any atom is 0.279 e. The Hall–Kier alpha value is -2.02. The smallest absolute Gasteiger partial charge is 0.279 e. The predicted molar refractivity (Wildman–Crippen MR) is 100 cm³/mol. The van der Waals surface area contributed by atoms with Crippen LogP contribution < -0.4 is 20.9 Å². The highest BCUT2D eigenvalue weighted by Gasteiger charge is 2.20. The average Bonchev–Trinajstić information content (AvgIpc) is 2.55. The number of halogens is 2. The van der Waals surface area contributed by atoms with Crippen LogP contribution in [0.25, 0.3) is 0 Å². The van der Waals surface area contributed by atoms with Crippen molar-refractivity contribution in [2.75, 3.05) is 5.01 Å². The molecule has 0 fully saturated rings. The molecule has 3 N–H and O–H groups in total. The van der Waals surface area contributed by atoms with Gasteiger partial charge in [0.15, 0.2) is 11.2 Å². The Morgan fingerprint density at radius 2 is 1.92 bits per heavy atom. The average molecular weight is 384 g/mol. The van der Waals surface area contributed by atoms with Crippen LogP contribution in [0.4, 0.5) is 5.69 Å². The summed E-state index contributed by atoms with van der Waals surface area (Å²) < 4.78 is 5.57. The first-order chi connectivity index (χ1) is 11.4. The van der Waals surface area contributed by atoms with E-state index in [0.717, 1.165) is 0 Å². The molecule has 2 rings (SSSR count). The Bertz CT molecular complexity index is 743. The zero-order chi connectivity index (χ0) is 17.7. The van der Waals surface area contributed by atoms with Gasteiger partial charge in [-0.15, -0.1) is 0 Å². The number of rotatable bonds is 4. The second-order valence-electron chi connectivity index (χ2n) is 4.82. The third kappa shape index (κ3) is 4.74. The summed E-state index contributed by atoms with van der Waals surface area (Å²) in [5.74, 6) is -0.0806. The highest BCUT2D eigenvalue weighted by Crippen LogP contribution is 2.28. The molecule has 1 amide bonds. The van der Waals surface area contributed by atoms with Crippen molar-refractivity contribution in [2.45, 2.75) is 13.0 Å². The van der Waals surface area contributed by atoms with E-state index in [2.05, 4.69) is 5.43 Å². The van der Waals surface area contributed by atoms with Crippen LogP contribution >= 0.6 is 35.4 Å². The minimum atomic E-state index is -0.829. The van der Waals surface area contributed by atoms with Crippen LogP contribution in [-0.2, 0) is 4.79 Å². The van der Waals surface area contributed by atoms with E-state index in [9.17, 15) is 4.79 Å². The zero-order valence-electron chi connectivity index (χ0n) is 12.7. The number of hydrogen-bond donors (Lipinski definition) is 2. The molecular weight excluding hydrogens is 369 g/mol. The summed E-state index contributed by atoms with van der Waals surface area (Å²) in [6, 6.07) is 13.7. The first-order valence-electron chi connectivity index (χ1n) is 6.95. The summed E-state index contributed by atoms with van der Waals surface area (Å²) in [5, 5.41) is 2.11. The lowest BCUT2D eigenvalue weighted by atomic mass is 10.3. The van der Waals surface area contributed by atoms with E-state index >= 15 is 0 Å². The predicted octanol–water partition coefficient (Wildman–Crippen LogP) is 3.54. The van der Waals surface area contributed by atoms with Gasteiger partial charge in [-0.05, 0) is 49.5 Å². The molecule has 0 saturated heterocycles. The second-order valence-corrected chi connectivity index (χ2v) is 6.08. The van der Waals surface area contributed by atoms with Gasteiger partial charge in [0.1, 0.15) is 5.75 Å². The first-order valence-corrected chi connectivity index (χ1v) is 8.11. The SMILES string of the molecule is CC(Oc1ccc(Cl)cc1Cl)C(=O)NN(C(N)=S)c1ccccc1. The molecule has 0 aliphatic rings. The third-order valence-corrected chi connectivity index (χ3v) is 3.74. The van der Waals surface area contributed by atoms with Gasteiger partial charge in [-0.3, -0.25) is 10.2 Å². The van der Waals surface area contributed by atoms with Crippen LogP contribution in [-0.4, -0.2) is 17.1 Å². The Kier molecular flexibility index (Phi) is 6.25. The molecular formula is C16H15Cl2N3O2S. The van der Waals surface area contributed by atoms with Gasteiger partial charge in [-0.2, -0.15) is 0 Å². The van der Waals surface area contributed by atoms with Crippen molar-refractivity contribution in [3.8, 4) is 5.75 Å². The lowest BCUT2D eigenvalue weighted by Gasteiger charge is -2.25. The molecule has 0 spiro atoms. The van der Waals surface area contributed by atoms with Gasteiger partial charge in [0, 0.05) is 5.02 Å². The number of hydrazine groups is 1. The molecule has 0 aromatic heterocycles. The molecule has 0 saturated carbocycles. The molecule has 126 valence electrons. The van der Waals surface area contributed by atoms with E-state index in [-0.39, 0.29) is 5.11 Å². The standard InChI is InChI=1S/C16H15Cl2N3O2S/c1-10(23-14-8-7-11(17)9-13(14)18)15(22)20-21(16(19)24)12-5-3-2-4-6-12/h2-10H,1H3,(H2,19,24)(H,20,22). The Balaban J connectivity index is 2.08. The normalized spacial score (nSPS) is 11.5. The van der Waals surface area contributed by atoms with Crippen LogP contribution in [0.5, 0.6) is 5.75 Å². The molecule has 1 atom stereocenters. The summed E-state index contributed by atoms with van der Waals surface area (Å²) >= 11 is 16.9. The number of carbonyl (C=O) groups excluding carboxylic acids is 1. The second kappa shape index (κ2) is 8.19. The number of para-hydroxylation sites is 1. The van der Waals surface area contributed by atoms with Crippen LogP contribution in [0.3, 0.4) is 0 Å². The quantitative estimate of drug-likeness (QED) is 0.624. The van der Waals surface area contributed by atoms with Crippen molar-refractivity contribution in [2.24, 2.45) is 5.73 Å². The number of nitrogens with two attached hydrogens (primary N) is 1. The summed E-state index contributed by atoms with van der Waals surface area (Å²) in [4.78, 5) is 12.4. The largest absolute Gasteiger partial charge is 0.479 e. The minimum Gasteiger partial charge on any atom is -0.479 e. The van der Waals surface area contributed by atoms with Gasteiger partial charge >= 0.3 is 0 Å². The minimum absolute atomic E-state index is 0.00581. The number of nitrogens with zero attached hydrogens (tertiary/aromatic N) is 1. The molecule has 1 unspecified atom stereocenters. The third-order valence-electron chi connectivity index (χ3n) is 3.02. The summed E-state index contributed by atoms with van der Waals surface area (Å²) in [5.41, 5.74) is 8.93. The van der Waals surface area contributed by atoms with Crippen LogP contribution in [0.15, 0.2) is 48.5 Å². The molecule has 2 aromatic rings. The number of amides is 1. The van der Waals surface area contributed by atoms with E-state index in [1.54, 1.807) is 43.3 Å². The highest BCUT2D eigenvalue weighted by atomic mass is 35.5. The molecule has 2 aromatic carbocycles. The van der Waals surface area contributed by atoms with Crippen molar-refractivity contribution in [3.63, 3.8) is 0 Å². The van der Waals surface area contributed by atoms with Gasteiger partial charge in [0.2, 0.25) is 0 Å². The molecule has 0 radical (unpaired) electrons. The number of carbonyl (C=O) groups is 1. The van der Waals surface area contributed by atoms with Gasteiger partial charge in [0.25, 0.3) is 5.91 Å². The number of ether oxygens (including phenoxy) is 1. The maximum absolute atomic E-state index is 12.4. The van der Waals surface area contributed by atoms with Gasteiger partial charge in [0.05, 0.1) is 10.7 Å². The van der Waals surface area contributed by atoms with Gasteiger partial charge in [-0.1, -0.05) is 41.4 Å². The van der Waals surface area contributed by atoms with Crippen molar-refractivity contribution in [1.82, 2.24) is 5.43 Å². The van der Waals surface area contributed by atoms with Crippen molar-refractivity contribution >= 4 is 52.1 Å².